The van der Waals surface area contributed by atoms with E-state index in [9.17, 15) is 9.59 Å². The zero-order valence-electron chi connectivity index (χ0n) is 12.5. The minimum Gasteiger partial charge on any atom is -0.339 e. The van der Waals surface area contributed by atoms with Crippen LogP contribution in [-0.4, -0.2) is 43.6 Å². The fourth-order valence-corrected chi connectivity index (χ4v) is 2.89. The normalized spacial score (nSPS) is 16.0. The number of nitrogens with one attached hydrogen (secondary N) is 1. The molecule has 22 heavy (non-hydrogen) atoms. The number of aromatic amines is 1. The van der Waals surface area contributed by atoms with Crippen LogP contribution in [0, 0.1) is 0 Å². The van der Waals surface area contributed by atoms with Crippen LogP contribution in [0.5, 0.6) is 0 Å². The van der Waals surface area contributed by atoms with Crippen LogP contribution in [0.15, 0.2) is 29.5 Å². The molecule has 0 radical (unpaired) electrons. The lowest BCUT2D eigenvalue weighted by Gasteiger charge is -2.31. The summed E-state index contributed by atoms with van der Waals surface area (Å²) in [4.78, 5) is 27.8. The van der Waals surface area contributed by atoms with Crippen LogP contribution in [0.2, 0.25) is 0 Å². The molecule has 0 aromatic carbocycles. The molecule has 0 bridgehead atoms. The zero-order chi connectivity index (χ0) is 15.5. The van der Waals surface area contributed by atoms with Gasteiger partial charge in [0.1, 0.15) is 12.2 Å². The third-order valence-corrected chi connectivity index (χ3v) is 4.16. The van der Waals surface area contributed by atoms with Gasteiger partial charge < -0.3 is 14.5 Å². The van der Waals surface area contributed by atoms with Crippen molar-refractivity contribution in [3.05, 3.63) is 46.4 Å². The van der Waals surface area contributed by atoms with Gasteiger partial charge in [0.2, 0.25) is 5.56 Å². The molecule has 1 saturated heterocycles. The lowest BCUT2D eigenvalue weighted by molar-refractivity contribution is 0.0710. The highest BCUT2D eigenvalue weighted by Gasteiger charge is 2.27. The number of piperidine rings is 1. The van der Waals surface area contributed by atoms with Gasteiger partial charge in [-0.3, -0.25) is 9.59 Å². The number of carbonyl (C=O) groups excluding carboxylic acids is 1. The van der Waals surface area contributed by atoms with Crippen molar-refractivity contribution in [2.75, 3.05) is 13.1 Å². The minimum atomic E-state index is -0.200. The van der Waals surface area contributed by atoms with Crippen molar-refractivity contribution < 1.29 is 4.79 Å². The number of H-pyrrole nitrogens is 1. The molecule has 2 aromatic heterocycles. The Morgan fingerprint density at radius 3 is 2.77 bits per heavy atom. The number of amides is 1. The number of likely N-dealkylation sites (tertiary alicyclic amines) is 1. The van der Waals surface area contributed by atoms with E-state index in [0.29, 0.717) is 24.6 Å². The van der Waals surface area contributed by atoms with Crippen molar-refractivity contribution in [3.8, 4) is 0 Å². The molecule has 7 nitrogen and oxygen atoms in total. The van der Waals surface area contributed by atoms with Gasteiger partial charge in [0, 0.05) is 37.8 Å². The van der Waals surface area contributed by atoms with Gasteiger partial charge in [-0.15, -0.1) is 10.2 Å². The van der Waals surface area contributed by atoms with Crippen LogP contribution >= 0.6 is 0 Å². The first-order chi connectivity index (χ1) is 10.7. The molecule has 0 aliphatic carbocycles. The SMILES string of the molecule is CCn1cnnc1C1CCN(C(=O)c2ccc(=O)[nH]c2)CC1. The second kappa shape index (κ2) is 6.13. The third kappa shape index (κ3) is 2.79. The van der Waals surface area contributed by atoms with Gasteiger partial charge >= 0.3 is 0 Å². The van der Waals surface area contributed by atoms with E-state index < -0.39 is 0 Å². The van der Waals surface area contributed by atoms with Crippen molar-refractivity contribution in [2.45, 2.75) is 32.2 Å². The Bertz CT molecular complexity index is 692. The summed E-state index contributed by atoms with van der Waals surface area (Å²) >= 11 is 0. The smallest absolute Gasteiger partial charge is 0.255 e. The summed E-state index contributed by atoms with van der Waals surface area (Å²) in [6.45, 7) is 4.32. The maximum Gasteiger partial charge on any atom is 0.255 e. The van der Waals surface area contributed by atoms with Crippen LogP contribution in [0.4, 0.5) is 0 Å². The molecule has 1 N–H and O–H groups in total. The molecule has 3 rings (SSSR count). The van der Waals surface area contributed by atoms with Gasteiger partial charge in [0.25, 0.3) is 5.91 Å². The lowest BCUT2D eigenvalue weighted by Crippen LogP contribution is -2.38. The van der Waals surface area contributed by atoms with Crippen molar-refractivity contribution in [2.24, 2.45) is 0 Å². The molecular formula is C15H19N5O2. The number of aryl methyl sites for hydroxylation is 1. The molecular weight excluding hydrogens is 282 g/mol. The molecule has 1 fully saturated rings. The van der Waals surface area contributed by atoms with Crippen LogP contribution in [0.3, 0.4) is 0 Å². The van der Waals surface area contributed by atoms with Gasteiger partial charge in [0.15, 0.2) is 0 Å². The highest BCUT2D eigenvalue weighted by molar-refractivity contribution is 5.93. The zero-order valence-corrected chi connectivity index (χ0v) is 12.5. The summed E-state index contributed by atoms with van der Waals surface area (Å²) < 4.78 is 2.06. The third-order valence-electron chi connectivity index (χ3n) is 4.16. The van der Waals surface area contributed by atoms with Gasteiger partial charge in [0.05, 0.1) is 5.56 Å². The molecule has 0 saturated carbocycles. The Morgan fingerprint density at radius 1 is 1.36 bits per heavy atom. The van der Waals surface area contributed by atoms with E-state index in [-0.39, 0.29) is 11.5 Å². The van der Waals surface area contributed by atoms with Crippen LogP contribution in [0.1, 0.15) is 41.9 Å². The molecule has 1 amide bonds. The average Bonchev–Trinajstić information content (AvgIpc) is 3.04. The Labute approximate surface area is 128 Å². The van der Waals surface area contributed by atoms with E-state index in [0.717, 1.165) is 25.2 Å². The number of rotatable bonds is 3. The Kier molecular flexibility index (Phi) is 4.04. The van der Waals surface area contributed by atoms with E-state index in [4.69, 9.17) is 0 Å². The Morgan fingerprint density at radius 2 is 2.14 bits per heavy atom. The highest BCUT2D eigenvalue weighted by Crippen LogP contribution is 2.27. The summed E-state index contributed by atoms with van der Waals surface area (Å²) in [5.74, 6) is 1.33. The average molecular weight is 301 g/mol. The lowest BCUT2D eigenvalue weighted by atomic mass is 9.95. The van der Waals surface area contributed by atoms with Crippen LogP contribution < -0.4 is 5.56 Å². The van der Waals surface area contributed by atoms with Gasteiger partial charge in [-0.2, -0.15) is 0 Å². The Balaban J connectivity index is 1.65. The first-order valence-corrected chi connectivity index (χ1v) is 7.54. The van der Waals surface area contributed by atoms with E-state index >= 15 is 0 Å². The quantitative estimate of drug-likeness (QED) is 0.917. The van der Waals surface area contributed by atoms with E-state index in [1.807, 2.05) is 4.90 Å². The van der Waals surface area contributed by atoms with Gasteiger partial charge in [-0.1, -0.05) is 0 Å². The number of nitrogens with zero attached hydrogens (tertiary/aromatic N) is 4. The molecule has 0 atom stereocenters. The number of carbonyl (C=O) groups is 1. The molecule has 7 heteroatoms. The monoisotopic (exact) mass is 301 g/mol. The molecule has 116 valence electrons. The van der Waals surface area contributed by atoms with Crippen LogP contribution in [0.25, 0.3) is 0 Å². The number of hydrogen-bond donors (Lipinski definition) is 1. The van der Waals surface area contributed by atoms with Crippen molar-refractivity contribution in [1.82, 2.24) is 24.6 Å². The Hall–Kier alpha value is -2.44. The van der Waals surface area contributed by atoms with E-state index in [2.05, 4.69) is 26.7 Å². The molecule has 3 heterocycles. The summed E-state index contributed by atoms with van der Waals surface area (Å²) in [6, 6.07) is 2.95. The standard InChI is InChI=1S/C15H19N5O2/c1-2-19-10-17-18-14(19)11-5-7-20(8-6-11)15(22)12-3-4-13(21)16-9-12/h3-4,9-11H,2,5-8H2,1H3,(H,16,21). The van der Waals surface area contributed by atoms with E-state index in [1.165, 1.54) is 12.3 Å². The minimum absolute atomic E-state index is 0.0355. The predicted octanol–water partition coefficient (Wildman–Crippen LogP) is 1.01. The summed E-state index contributed by atoms with van der Waals surface area (Å²) in [5.41, 5.74) is 0.323. The van der Waals surface area contributed by atoms with Gasteiger partial charge in [-0.25, -0.2) is 0 Å². The maximum atomic E-state index is 12.4. The second-order valence-corrected chi connectivity index (χ2v) is 5.48. The number of hydrogen-bond acceptors (Lipinski definition) is 4. The topological polar surface area (TPSA) is 83.9 Å². The molecule has 1 aliphatic heterocycles. The fraction of sp³-hybridized carbons (Fsp3) is 0.467. The molecule has 0 unspecified atom stereocenters. The second-order valence-electron chi connectivity index (χ2n) is 5.48. The predicted molar refractivity (Wildman–Crippen MR) is 80.6 cm³/mol. The molecule has 2 aromatic rings. The van der Waals surface area contributed by atoms with Crippen molar-refractivity contribution in [3.63, 3.8) is 0 Å². The van der Waals surface area contributed by atoms with Crippen molar-refractivity contribution in [1.29, 1.82) is 0 Å². The fourth-order valence-electron chi connectivity index (χ4n) is 2.89. The summed E-state index contributed by atoms with van der Waals surface area (Å²) in [6.07, 6.45) is 5.00. The molecule has 0 spiro atoms. The van der Waals surface area contributed by atoms with Crippen molar-refractivity contribution >= 4 is 5.91 Å². The first-order valence-electron chi connectivity index (χ1n) is 7.54. The summed E-state index contributed by atoms with van der Waals surface area (Å²) in [5, 5.41) is 8.20. The highest BCUT2D eigenvalue weighted by atomic mass is 16.2. The van der Waals surface area contributed by atoms with Gasteiger partial charge in [-0.05, 0) is 25.8 Å². The molecule has 1 aliphatic rings. The maximum absolute atomic E-state index is 12.4. The number of aromatic nitrogens is 4. The van der Waals surface area contributed by atoms with E-state index in [1.54, 1.807) is 12.4 Å². The van der Waals surface area contributed by atoms with Crippen LogP contribution in [-0.2, 0) is 6.54 Å². The number of pyridine rings is 1. The first kappa shape index (κ1) is 14.5. The summed E-state index contributed by atoms with van der Waals surface area (Å²) in [7, 11) is 0. The largest absolute Gasteiger partial charge is 0.339 e.